The molecule has 0 radical (unpaired) electrons. The number of fused-ring (bicyclic) bond motifs is 2. The summed E-state index contributed by atoms with van der Waals surface area (Å²) in [5.41, 5.74) is 6.82. The molecule has 0 amide bonds. The van der Waals surface area contributed by atoms with Gasteiger partial charge in [0, 0.05) is 16.6 Å². The van der Waals surface area contributed by atoms with Crippen molar-refractivity contribution < 1.29 is 0 Å². The maximum absolute atomic E-state index is 4.83. The van der Waals surface area contributed by atoms with E-state index in [2.05, 4.69) is 76.1 Å². The molecule has 1 atom stereocenters. The lowest BCUT2D eigenvalue weighted by atomic mass is 9.90. The highest BCUT2D eigenvalue weighted by Gasteiger charge is 2.26. The van der Waals surface area contributed by atoms with Gasteiger partial charge in [0.1, 0.15) is 5.82 Å². The zero-order valence-electron chi connectivity index (χ0n) is 17.4. The Morgan fingerprint density at radius 1 is 1.00 bits per heavy atom. The van der Waals surface area contributed by atoms with Crippen LogP contribution in [0.2, 0.25) is 0 Å². The van der Waals surface area contributed by atoms with Crippen molar-refractivity contribution in [2.24, 2.45) is 5.92 Å². The van der Waals surface area contributed by atoms with Crippen LogP contribution in [0.3, 0.4) is 0 Å². The summed E-state index contributed by atoms with van der Waals surface area (Å²) >= 11 is 3.61. The second kappa shape index (κ2) is 7.88. The van der Waals surface area contributed by atoms with Crippen molar-refractivity contribution in [3.63, 3.8) is 0 Å². The first-order valence-corrected chi connectivity index (χ1v) is 11.8. The van der Waals surface area contributed by atoms with Crippen LogP contribution in [0.25, 0.3) is 11.0 Å². The van der Waals surface area contributed by atoms with Crippen LogP contribution in [0.4, 0.5) is 0 Å². The molecule has 1 heterocycles. The average molecular weight is 452 g/mol. The van der Waals surface area contributed by atoms with Gasteiger partial charge in [0.25, 0.3) is 0 Å². The normalized spacial score (nSPS) is 24.2. The molecule has 0 spiro atoms. The lowest BCUT2D eigenvalue weighted by Gasteiger charge is -2.31. The molecule has 1 fully saturated rings. The summed E-state index contributed by atoms with van der Waals surface area (Å²) in [6.07, 6.45) is 7.47. The number of halogens is 1. The van der Waals surface area contributed by atoms with Crippen LogP contribution in [0.5, 0.6) is 0 Å². The fraction of sp³-hybridized carbons (Fsp3) is 0.480. The van der Waals surface area contributed by atoms with E-state index in [1.54, 1.807) is 5.56 Å². The molecule has 29 heavy (non-hydrogen) atoms. The predicted molar refractivity (Wildman–Crippen MR) is 124 cm³/mol. The first-order chi connectivity index (χ1) is 14.1. The Morgan fingerprint density at radius 3 is 2.62 bits per heavy atom. The van der Waals surface area contributed by atoms with E-state index in [4.69, 9.17) is 4.98 Å². The van der Waals surface area contributed by atoms with Crippen molar-refractivity contribution >= 4 is 27.0 Å². The number of aromatic nitrogens is 2. The number of nitrogens with zero attached hydrogens (tertiary/aromatic N) is 2. The minimum Gasteiger partial charge on any atom is -0.325 e. The topological polar surface area (TPSA) is 29.9 Å². The Hall–Kier alpha value is -1.65. The molecule has 4 heteroatoms. The number of hydrogen-bond donors (Lipinski definition) is 1. The molecule has 3 aromatic rings. The molecule has 152 valence electrons. The maximum Gasteiger partial charge on any atom is 0.106 e. The molecule has 2 aromatic carbocycles. The molecule has 2 aliphatic carbocycles. The largest absolute Gasteiger partial charge is 0.325 e. The van der Waals surface area contributed by atoms with E-state index in [-0.39, 0.29) is 0 Å². The van der Waals surface area contributed by atoms with E-state index < -0.39 is 0 Å². The molecule has 1 N–H and O–H groups in total. The molecular weight excluding hydrogens is 422 g/mol. The van der Waals surface area contributed by atoms with Gasteiger partial charge in [-0.2, -0.15) is 0 Å². The third-order valence-electron chi connectivity index (χ3n) is 6.96. The molecule has 1 unspecified atom stereocenters. The molecule has 0 saturated heterocycles. The van der Waals surface area contributed by atoms with E-state index in [1.807, 2.05) is 0 Å². The van der Waals surface area contributed by atoms with Gasteiger partial charge in [0.05, 0.1) is 11.0 Å². The highest BCUT2D eigenvalue weighted by Crippen LogP contribution is 2.34. The Morgan fingerprint density at radius 2 is 1.79 bits per heavy atom. The van der Waals surface area contributed by atoms with Gasteiger partial charge in [-0.3, -0.25) is 0 Å². The number of imidazole rings is 1. The zero-order chi connectivity index (χ0) is 20.0. The summed E-state index contributed by atoms with van der Waals surface area (Å²) in [7, 11) is 0. The maximum atomic E-state index is 4.83. The van der Waals surface area contributed by atoms with Gasteiger partial charge in [-0.15, -0.1) is 0 Å². The van der Waals surface area contributed by atoms with Crippen molar-refractivity contribution in [2.45, 2.75) is 64.5 Å². The third-order valence-corrected chi connectivity index (χ3v) is 7.46. The molecule has 2 aliphatic rings. The van der Waals surface area contributed by atoms with Crippen molar-refractivity contribution in [2.75, 3.05) is 6.54 Å². The number of rotatable bonds is 4. The minimum atomic E-state index is 0.592. The fourth-order valence-electron chi connectivity index (χ4n) is 5.48. The Balaban J connectivity index is 1.17. The van der Waals surface area contributed by atoms with E-state index >= 15 is 0 Å². The van der Waals surface area contributed by atoms with Crippen LogP contribution in [-0.2, 0) is 12.8 Å². The summed E-state index contributed by atoms with van der Waals surface area (Å²) < 4.78 is 3.71. The van der Waals surface area contributed by atoms with Gasteiger partial charge >= 0.3 is 0 Å². The van der Waals surface area contributed by atoms with Crippen molar-refractivity contribution in [1.29, 1.82) is 0 Å². The second-order valence-electron chi connectivity index (χ2n) is 9.12. The monoisotopic (exact) mass is 451 g/mol. The summed E-state index contributed by atoms with van der Waals surface area (Å²) in [4.78, 5) is 4.83. The van der Waals surface area contributed by atoms with Crippen LogP contribution in [0.1, 0.15) is 54.2 Å². The average Bonchev–Trinajstić information content (AvgIpc) is 3.25. The fourth-order valence-corrected chi connectivity index (χ4v) is 5.89. The summed E-state index contributed by atoms with van der Waals surface area (Å²) in [6.45, 7) is 5.45. The van der Waals surface area contributed by atoms with Crippen LogP contribution in [0, 0.1) is 19.8 Å². The number of benzene rings is 2. The van der Waals surface area contributed by atoms with Crippen LogP contribution in [0.15, 0.2) is 40.9 Å². The summed E-state index contributed by atoms with van der Waals surface area (Å²) in [6, 6.07) is 14.7. The molecule has 3 nitrogen and oxygen atoms in total. The predicted octanol–water partition coefficient (Wildman–Crippen LogP) is 5.90. The standard InChI is InChI=1S/C25H30BrN3/c1-16-3-10-25-24(11-16)28-17(2)29(25)23-8-6-22(7-9-23)27-15-18-12-19-4-5-21(26)14-20(19)13-18/h3-5,10-11,14,18,22-23,27H,6-9,12-13,15H2,1-2H3. The lowest BCUT2D eigenvalue weighted by molar-refractivity contribution is 0.283. The zero-order valence-corrected chi connectivity index (χ0v) is 19.0. The Kier molecular flexibility index (Phi) is 5.25. The van der Waals surface area contributed by atoms with Gasteiger partial charge in [-0.25, -0.2) is 4.98 Å². The number of hydrogen-bond acceptors (Lipinski definition) is 2. The number of nitrogens with one attached hydrogen (secondary N) is 1. The second-order valence-corrected chi connectivity index (χ2v) is 10.0. The van der Waals surface area contributed by atoms with Gasteiger partial charge in [-0.05, 0) is 106 Å². The van der Waals surface area contributed by atoms with Gasteiger partial charge in [0.15, 0.2) is 0 Å². The first kappa shape index (κ1) is 19.3. The highest BCUT2D eigenvalue weighted by molar-refractivity contribution is 9.10. The van der Waals surface area contributed by atoms with Gasteiger partial charge < -0.3 is 9.88 Å². The van der Waals surface area contributed by atoms with Gasteiger partial charge in [-0.1, -0.05) is 28.1 Å². The van der Waals surface area contributed by atoms with Crippen LogP contribution in [-0.4, -0.2) is 22.1 Å². The molecule has 1 saturated carbocycles. The minimum absolute atomic E-state index is 0.592. The quantitative estimate of drug-likeness (QED) is 0.534. The van der Waals surface area contributed by atoms with Crippen molar-refractivity contribution in [3.05, 3.63) is 63.4 Å². The van der Waals surface area contributed by atoms with Crippen molar-refractivity contribution in [1.82, 2.24) is 14.9 Å². The van der Waals surface area contributed by atoms with Crippen LogP contribution < -0.4 is 5.32 Å². The van der Waals surface area contributed by atoms with Crippen LogP contribution >= 0.6 is 15.9 Å². The summed E-state index contributed by atoms with van der Waals surface area (Å²) in [5, 5.41) is 3.90. The molecule has 0 bridgehead atoms. The van der Waals surface area contributed by atoms with E-state index in [9.17, 15) is 0 Å². The molecular formula is C25H30BrN3. The van der Waals surface area contributed by atoms with Gasteiger partial charge in [0.2, 0.25) is 0 Å². The van der Waals surface area contributed by atoms with E-state index in [0.717, 1.165) is 23.8 Å². The molecule has 1 aromatic heterocycles. The van der Waals surface area contributed by atoms with E-state index in [1.165, 1.54) is 59.6 Å². The van der Waals surface area contributed by atoms with E-state index in [0.29, 0.717) is 12.1 Å². The Labute approximate surface area is 182 Å². The lowest BCUT2D eigenvalue weighted by Crippen LogP contribution is -2.37. The van der Waals surface area contributed by atoms with Crippen molar-refractivity contribution in [3.8, 4) is 0 Å². The Bertz CT molecular complexity index is 1030. The molecule has 5 rings (SSSR count). The SMILES string of the molecule is Cc1ccc2c(c1)nc(C)n2C1CCC(NCC2Cc3ccc(Br)cc3C2)CC1. The summed E-state index contributed by atoms with van der Waals surface area (Å²) in [5.74, 6) is 1.91. The highest BCUT2D eigenvalue weighted by atomic mass is 79.9. The third kappa shape index (κ3) is 3.89. The smallest absolute Gasteiger partial charge is 0.106 e. The molecule has 0 aliphatic heterocycles. The first-order valence-electron chi connectivity index (χ1n) is 11.0. The number of aryl methyl sites for hydroxylation is 2.